The van der Waals surface area contributed by atoms with Gasteiger partial charge in [0.1, 0.15) is 5.84 Å². The highest BCUT2D eigenvalue weighted by Crippen LogP contribution is 2.01. The molecule has 0 amide bonds. The van der Waals surface area contributed by atoms with Crippen molar-refractivity contribution in [3.05, 3.63) is 0 Å². The molecular formula is C5H10N2O2S. The van der Waals surface area contributed by atoms with Crippen molar-refractivity contribution >= 4 is 15.9 Å². The van der Waals surface area contributed by atoms with E-state index in [-0.39, 0.29) is 11.8 Å². The molecule has 1 heterocycles. The molecule has 0 spiro atoms. The highest BCUT2D eigenvalue weighted by molar-refractivity contribution is 7.90. The molecule has 0 aromatic heterocycles. The van der Waals surface area contributed by atoms with Crippen molar-refractivity contribution in [1.29, 1.82) is 0 Å². The summed E-state index contributed by atoms with van der Waals surface area (Å²) < 4.78 is 24.1. The zero-order chi connectivity index (χ0) is 7.78. The molecule has 0 saturated carbocycles. The van der Waals surface area contributed by atoms with E-state index in [1.807, 2.05) is 0 Å². The van der Waals surface area contributed by atoms with Crippen molar-refractivity contribution in [2.24, 2.45) is 4.99 Å². The average Bonchev–Trinajstić information content (AvgIpc) is 1.54. The lowest BCUT2D eigenvalue weighted by atomic mass is 10.4. The lowest BCUT2D eigenvalue weighted by molar-refractivity contribution is 0.582. The Kier molecular flexibility index (Phi) is 1.68. The maximum atomic E-state index is 10.9. The maximum Gasteiger partial charge on any atom is 0.235 e. The summed E-state index contributed by atoms with van der Waals surface area (Å²) in [6.07, 6.45) is 0. The van der Waals surface area contributed by atoms with Crippen LogP contribution in [0.3, 0.4) is 0 Å². The van der Waals surface area contributed by atoms with Crippen LogP contribution < -0.4 is 4.72 Å². The van der Waals surface area contributed by atoms with Crippen molar-refractivity contribution in [1.82, 2.24) is 4.72 Å². The number of sulfonamides is 1. The Morgan fingerprint density at radius 1 is 1.70 bits per heavy atom. The summed E-state index contributed by atoms with van der Waals surface area (Å²) in [5, 5.41) is 0. The minimum Gasteiger partial charge on any atom is -0.271 e. The number of nitrogens with one attached hydrogen (secondary N) is 1. The topological polar surface area (TPSA) is 58.5 Å². The van der Waals surface area contributed by atoms with E-state index in [1.54, 1.807) is 13.8 Å². The van der Waals surface area contributed by atoms with Crippen LogP contribution in [0.25, 0.3) is 0 Å². The van der Waals surface area contributed by atoms with Crippen LogP contribution in [0, 0.1) is 0 Å². The van der Waals surface area contributed by atoms with Crippen molar-refractivity contribution < 1.29 is 8.42 Å². The van der Waals surface area contributed by atoms with E-state index in [9.17, 15) is 8.42 Å². The summed E-state index contributed by atoms with van der Waals surface area (Å²) in [7, 11) is -3.06. The lowest BCUT2D eigenvalue weighted by Gasteiger charge is -2.16. The maximum absolute atomic E-state index is 10.9. The molecule has 0 aromatic rings. The largest absolute Gasteiger partial charge is 0.271 e. The molecule has 1 aliphatic heterocycles. The molecule has 0 fully saturated rings. The van der Waals surface area contributed by atoms with E-state index >= 15 is 0 Å². The second-order valence-electron chi connectivity index (χ2n) is 2.45. The van der Waals surface area contributed by atoms with Crippen LogP contribution in [0.15, 0.2) is 4.99 Å². The van der Waals surface area contributed by atoms with Crippen LogP contribution in [0.5, 0.6) is 0 Å². The minimum atomic E-state index is -3.06. The SMILES string of the molecule is CC1=NC(C)CS(=O)(=O)N1. The number of rotatable bonds is 0. The summed E-state index contributed by atoms with van der Waals surface area (Å²) in [6.45, 7) is 3.43. The molecule has 1 atom stereocenters. The quantitative estimate of drug-likeness (QED) is 0.533. The predicted octanol–water partition coefficient (Wildman–Crippen LogP) is -0.274. The molecule has 1 N–H and O–H groups in total. The molecule has 5 heteroatoms. The second-order valence-corrected chi connectivity index (χ2v) is 4.21. The summed E-state index contributed by atoms with van der Waals surface area (Å²) in [4.78, 5) is 4.00. The van der Waals surface area contributed by atoms with Gasteiger partial charge in [-0.1, -0.05) is 0 Å². The molecule has 58 valence electrons. The summed E-state index contributed by atoms with van der Waals surface area (Å²) in [5.74, 6) is 0.586. The van der Waals surface area contributed by atoms with Gasteiger partial charge in [-0.3, -0.25) is 9.71 Å². The fourth-order valence-electron chi connectivity index (χ4n) is 0.978. The van der Waals surface area contributed by atoms with E-state index in [0.717, 1.165) is 0 Å². The zero-order valence-electron chi connectivity index (χ0n) is 5.96. The standard InChI is InChI=1S/C5H10N2O2S/c1-4-3-10(8,9)7-5(2)6-4/h4H,3H2,1-2H3,(H,6,7). The van der Waals surface area contributed by atoms with Crippen LogP contribution in [0.4, 0.5) is 0 Å². The molecule has 0 saturated heterocycles. The molecule has 10 heavy (non-hydrogen) atoms. The molecule has 0 aliphatic carbocycles. The Bertz CT molecular complexity index is 255. The van der Waals surface area contributed by atoms with Gasteiger partial charge in [0.15, 0.2) is 0 Å². The molecule has 0 aromatic carbocycles. The lowest BCUT2D eigenvalue weighted by Crippen LogP contribution is -2.39. The molecule has 1 rings (SSSR count). The first-order valence-corrected chi connectivity index (χ1v) is 4.70. The Morgan fingerprint density at radius 3 is 2.70 bits per heavy atom. The number of aliphatic imine (C=N–C) groups is 1. The van der Waals surface area contributed by atoms with Gasteiger partial charge in [0, 0.05) is 0 Å². The zero-order valence-corrected chi connectivity index (χ0v) is 6.77. The Hall–Kier alpha value is -0.580. The third kappa shape index (κ3) is 1.70. The molecule has 1 aliphatic rings. The van der Waals surface area contributed by atoms with Crippen LogP contribution >= 0.6 is 0 Å². The highest BCUT2D eigenvalue weighted by atomic mass is 32.2. The van der Waals surface area contributed by atoms with E-state index in [1.165, 1.54) is 0 Å². The van der Waals surface area contributed by atoms with Gasteiger partial charge in [-0.05, 0) is 13.8 Å². The second kappa shape index (κ2) is 2.23. The van der Waals surface area contributed by atoms with Crippen molar-refractivity contribution in [2.75, 3.05) is 5.75 Å². The Morgan fingerprint density at radius 2 is 2.30 bits per heavy atom. The van der Waals surface area contributed by atoms with Gasteiger partial charge in [-0.2, -0.15) is 0 Å². The predicted molar refractivity (Wildman–Crippen MR) is 39.5 cm³/mol. The Labute approximate surface area is 60.4 Å². The van der Waals surface area contributed by atoms with Crippen molar-refractivity contribution in [3.63, 3.8) is 0 Å². The van der Waals surface area contributed by atoms with Crippen LogP contribution in [0.2, 0.25) is 0 Å². The van der Waals surface area contributed by atoms with Gasteiger partial charge < -0.3 is 0 Å². The van der Waals surface area contributed by atoms with Crippen molar-refractivity contribution in [3.8, 4) is 0 Å². The molecule has 0 bridgehead atoms. The monoisotopic (exact) mass is 162 g/mol. The summed E-state index contributed by atoms with van der Waals surface area (Å²) in [5.41, 5.74) is 0. The van der Waals surface area contributed by atoms with Gasteiger partial charge >= 0.3 is 0 Å². The van der Waals surface area contributed by atoms with Crippen LogP contribution in [-0.2, 0) is 10.0 Å². The Balaban J connectivity index is 2.91. The van der Waals surface area contributed by atoms with Gasteiger partial charge in [0.2, 0.25) is 10.0 Å². The van der Waals surface area contributed by atoms with Gasteiger partial charge in [0.05, 0.1) is 11.8 Å². The first-order valence-electron chi connectivity index (χ1n) is 3.04. The normalized spacial score (nSPS) is 30.6. The number of hydrogen-bond acceptors (Lipinski definition) is 3. The molecular weight excluding hydrogens is 152 g/mol. The van der Waals surface area contributed by atoms with E-state index in [2.05, 4.69) is 9.71 Å². The van der Waals surface area contributed by atoms with E-state index in [4.69, 9.17) is 0 Å². The first-order chi connectivity index (χ1) is 4.49. The van der Waals surface area contributed by atoms with Crippen LogP contribution in [-0.4, -0.2) is 26.0 Å². The third-order valence-electron chi connectivity index (χ3n) is 1.18. The van der Waals surface area contributed by atoms with E-state index in [0.29, 0.717) is 5.84 Å². The molecule has 4 nitrogen and oxygen atoms in total. The van der Waals surface area contributed by atoms with Crippen LogP contribution in [0.1, 0.15) is 13.8 Å². The minimum absolute atomic E-state index is 0.102. The number of amidine groups is 1. The smallest absolute Gasteiger partial charge is 0.235 e. The van der Waals surface area contributed by atoms with Gasteiger partial charge in [-0.25, -0.2) is 8.42 Å². The average molecular weight is 162 g/mol. The van der Waals surface area contributed by atoms with Gasteiger partial charge in [0.25, 0.3) is 0 Å². The number of hydrogen-bond donors (Lipinski definition) is 1. The number of nitrogens with zero attached hydrogens (tertiary/aromatic N) is 1. The fraction of sp³-hybridized carbons (Fsp3) is 0.800. The van der Waals surface area contributed by atoms with Gasteiger partial charge in [-0.15, -0.1) is 0 Å². The third-order valence-corrected chi connectivity index (χ3v) is 2.71. The van der Waals surface area contributed by atoms with E-state index < -0.39 is 10.0 Å². The highest BCUT2D eigenvalue weighted by Gasteiger charge is 2.19. The molecule has 0 radical (unpaired) electrons. The first kappa shape index (κ1) is 7.53. The summed E-state index contributed by atoms with van der Waals surface area (Å²) >= 11 is 0. The van der Waals surface area contributed by atoms with Crippen molar-refractivity contribution in [2.45, 2.75) is 19.9 Å². The summed E-state index contributed by atoms with van der Waals surface area (Å²) in [6, 6.07) is -0.105. The molecule has 1 unspecified atom stereocenters. The fourth-order valence-corrected chi connectivity index (χ4v) is 2.27.